The third kappa shape index (κ3) is 3.20. The molecule has 0 aliphatic rings. The first kappa shape index (κ1) is 15.9. The van der Waals surface area contributed by atoms with Gasteiger partial charge in [0, 0.05) is 29.9 Å². The molecule has 0 aliphatic heterocycles. The van der Waals surface area contributed by atoms with Crippen molar-refractivity contribution in [3.8, 4) is 0 Å². The SMILES string of the molecule is Cc1ncn(CCNC(=O)c2ccc3ccccc3c2)c(=O)c1C. The zero-order chi connectivity index (χ0) is 17.1. The number of aryl methyl sites for hydroxylation is 1. The van der Waals surface area contributed by atoms with Crippen molar-refractivity contribution in [2.75, 3.05) is 6.54 Å². The highest BCUT2D eigenvalue weighted by Gasteiger charge is 2.07. The maximum Gasteiger partial charge on any atom is 0.256 e. The van der Waals surface area contributed by atoms with Crippen LogP contribution in [0.5, 0.6) is 0 Å². The smallest absolute Gasteiger partial charge is 0.256 e. The summed E-state index contributed by atoms with van der Waals surface area (Å²) >= 11 is 0. The molecule has 0 radical (unpaired) electrons. The minimum Gasteiger partial charge on any atom is -0.350 e. The highest BCUT2D eigenvalue weighted by molar-refractivity contribution is 5.98. The summed E-state index contributed by atoms with van der Waals surface area (Å²) in [6, 6.07) is 13.5. The summed E-state index contributed by atoms with van der Waals surface area (Å²) in [6.45, 7) is 4.33. The molecule has 0 atom stereocenters. The van der Waals surface area contributed by atoms with Gasteiger partial charge in [-0.3, -0.25) is 14.2 Å². The molecule has 0 spiro atoms. The van der Waals surface area contributed by atoms with Gasteiger partial charge in [0.25, 0.3) is 11.5 Å². The molecular weight excluding hydrogens is 302 g/mol. The van der Waals surface area contributed by atoms with Gasteiger partial charge in [-0.15, -0.1) is 0 Å². The first-order valence-corrected chi connectivity index (χ1v) is 7.86. The highest BCUT2D eigenvalue weighted by atomic mass is 16.1. The van der Waals surface area contributed by atoms with Gasteiger partial charge in [-0.05, 0) is 36.8 Å². The van der Waals surface area contributed by atoms with E-state index in [1.807, 2.05) is 43.3 Å². The first-order chi connectivity index (χ1) is 11.6. The Morgan fingerprint density at radius 3 is 2.67 bits per heavy atom. The number of aromatic nitrogens is 2. The standard InChI is InChI=1S/C19H19N3O2/c1-13-14(2)21-12-22(19(13)24)10-9-20-18(23)17-8-7-15-5-3-4-6-16(15)11-17/h3-8,11-12H,9-10H2,1-2H3,(H,20,23). The van der Waals surface area contributed by atoms with E-state index in [2.05, 4.69) is 10.3 Å². The molecule has 24 heavy (non-hydrogen) atoms. The Hall–Kier alpha value is -2.95. The zero-order valence-electron chi connectivity index (χ0n) is 13.7. The van der Waals surface area contributed by atoms with Gasteiger partial charge in [-0.2, -0.15) is 0 Å². The molecule has 3 aromatic rings. The topological polar surface area (TPSA) is 64.0 Å². The number of amides is 1. The van der Waals surface area contributed by atoms with Crippen LogP contribution in [0.15, 0.2) is 53.6 Å². The van der Waals surface area contributed by atoms with Crippen molar-refractivity contribution in [1.82, 2.24) is 14.9 Å². The fourth-order valence-corrected chi connectivity index (χ4v) is 2.56. The quantitative estimate of drug-likeness (QED) is 0.803. The lowest BCUT2D eigenvalue weighted by molar-refractivity contribution is 0.0952. The maximum atomic E-state index is 12.3. The van der Waals surface area contributed by atoms with Gasteiger partial charge in [0.15, 0.2) is 0 Å². The second-order valence-corrected chi connectivity index (χ2v) is 5.77. The second kappa shape index (κ2) is 6.66. The normalized spacial score (nSPS) is 10.8. The average Bonchev–Trinajstić information content (AvgIpc) is 2.61. The van der Waals surface area contributed by atoms with Crippen LogP contribution in [0.2, 0.25) is 0 Å². The Kier molecular flexibility index (Phi) is 4.42. The van der Waals surface area contributed by atoms with Gasteiger partial charge >= 0.3 is 0 Å². The van der Waals surface area contributed by atoms with Crippen molar-refractivity contribution < 1.29 is 4.79 Å². The number of benzene rings is 2. The zero-order valence-corrected chi connectivity index (χ0v) is 13.7. The maximum absolute atomic E-state index is 12.3. The predicted octanol–water partition coefficient (Wildman–Crippen LogP) is 2.44. The van der Waals surface area contributed by atoms with Crippen LogP contribution in [0.25, 0.3) is 10.8 Å². The van der Waals surface area contributed by atoms with E-state index in [1.165, 1.54) is 10.9 Å². The summed E-state index contributed by atoms with van der Waals surface area (Å²) in [5.41, 5.74) is 1.91. The summed E-state index contributed by atoms with van der Waals surface area (Å²) in [7, 11) is 0. The van der Waals surface area contributed by atoms with Crippen molar-refractivity contribution in [2.45, 2.75) is 20.4 Å². The first-order valence-electron chi connectivity index (χ1n) is 7.86. The van der Waals surface area contributed by atoms with Crippen LogP contribution >= 0.6 is 0 Å². The lowest BCUT2D eigenvalue weighted by atomic mass is 10.1. The monoisotopic (exact) mass is 321 g/mol. The minimum absolute atomic E-state index is 0.0672. The van der Waals surface area contributed by atoms with Gasteiger partial charge in [0.1, 0.15) is 0 Å². The Morgan fingerprint density at radius 2 is 1.88 bits per heavy atom. The average molecular weight is 321 g/mol. The molecule has 1 aromatic heterocycles. The molecule has 3 rings (SSSR count). The van der Waals surface area contributed by atoms with Crippen molar-refractivity contribution in [1.29, 1.82) is 0 Å². The third-order valence-electron chi connectivity index (χ3n) is 4.17. The van der Waals surface area contributed by atoms with E-state index in [-0.39, 0.29) is 11.5 Å². The van der Waals surface area contributed by atoms with Crippen LogP contribution in [0.1, 0.15) is 21.6 Å². The van der Waals surface area contributed by atoms with E-state index >= 15 is 0 Å². The Labute approximate surface area is 140 Å². The summed E-state index contributed by atoms with van der Waals surface area (Å²) in [5, 5.41) is 4.97. The molecule has 0 bridgehead atoms. The molecule has 1 N–H and O–H groups in total. The van der Waals surface area contributed by atoms with Crippen molar-refractivity contribution in [2.24, 2.45) is 0 Å². The van der Waals surface area contributed by atoms with Crippen molar-refractivity contribution in [3.05, 3.63) is 76.0 Å². The number of fused-ring (bicyclic) bond motifs is 1. The number of nitrogens with one attached hydrogen (secondary N) is 1. The molecule has 0 fully saturated rings. The number of hydrogen-bond acceptors (Lipinski definition) is 3. The van der Waals surface area contributed by atoms with Crippen LogP contribution < -0.4 is 10.9 Å². The van der Waals surface area contributed by atoms with Crippen molar-refractivity contribution in [3.63, 3.8) is 0 Å². The number of carbonyl (C=O) groups excluding carboxylic acids is 1. The van der Waals surface area contributed by atoms with E-state index in [1.54, 1.807) is 13.0 Å². The van der Waals surface area contributed by atoms with Crippen LogP contribution in [0.3, 0.4) is 0 Å². The molecule has 0 saturated heterocycles. The lowest BCUT2D eigenvalue weighted by Crippen LogP contribution is -2.32. The molecular formula is C19H19N3O2. The lowest BCUT2D eigenvalue weighted by Gasteiger charge is -2.09. The van der Waals surface area contributed by atoms with E-state index in [0.29, 0.717) is 24.2 Å². The molecule has 0 saturated carbocycles. The fraction of sp³-hybridized carbons (Fsp3) is 0.211. The van der Waals surface area contributed by atoms with Gasteiger partial charge in [-0.1, -0.05) is 30.3 Å². The third-order valence-corrected chi connectivity index (χ3v) is 4.17. The molecule has 5 heteroatoms. The predicted molar refractivity (Wildman–Crippen MR) is 94.3 cm³/mol. The second-order valence-electron chi connectivity index (χ2n) is 5.77. The Morgan fingerprint density at radius 1 is 1.12 bits per heavy atom. The Bertz CT molecular complexity index is 960. The van der Waals surface area contributed by atoms with E-state index in [4.69, 9.17) is 0 Å². The van der Waals surface area contributed by atoms with Crippen LogP contribution in [-0.2, 0) is 6.54 Å². The van der Waals surface area contributed by atoms with Crippen LogP contribution in [-0.4, -0.2) is 22.0 Å². The van der Waals surface area contributed by atoms with Crippen LogP contribution in [0, 0.1) is 13.8 Å². The number of carbonyl (C=O) groups is 1. The molecule has 1 heterocycles. The molecule has 1 amide bonds. The molecule has 0 unspecified atom stereocenters. The van der Waals surface area contributed by atoms with Gasteiger partial charge < -0.3 is 5.32 Å². The van der Waals surface area contributed by atoms with Gasteiger partial charge in [0.05, 0.1) is 6.33 Å². The summed E-state index contributed by atoms with van der Waals surface area (Å²) in [4.78, 5) is 28.5. The highest BCUT2D eigenvalue weighted by Crippen LogP contribution is 2.15. The largest absolute Gasteiger partial charge is 0.350 e. The molecule has 122 valence electrons. The fourth-order valence-electron chi connectivity index (χ4n) is 2.56. The summed E-state index contributed by atoms with van der Waals surface area (Å²) in [6.07, 6.45) is 1.52. The summed E-state index contributed by atoms with van der Waals surface area (Å²) in [5.74, 6) is -0.148. The molecule has 0 aliphatic carbocycles. The van der Waals surface area contributed by atoms with E-state index in [0.717, 1.165) is 16.5 Å². The minimum atomic E-state index is -0.148. The van der Waals surface area contributed by atoms with Gasteiger partial charge in [-0.25, -0.2) is 4.98 Å². The summed E-state index contributed by atoms with van der Waals surface area (Å²) < 4.78 is 1.52. The van der Waals surface area contributed by atoms with Crippen LogP contribution in [0.4, 0.5) is 0 Å². The number of nitrogens with zero attached hydrogens (tertiary/aromatic N) is 2. The molecule has 2 aromatic carbocycles. The molecule has 5 nitrogen and oxygen atoms in total. The van der Waals surface area contributed by atoms with Crippen molar-refractivity contribution >= 4 is 16.7 Å². The number of hydrogen-bond donors (Lipinski definition) is 1. The van der Waals surface area contributed by atoms with Gasteiger partial charge in [0.2, 0.25) is 0 Å². The van der Waals surface area contributed by atoms with E-state index < -0.39 is 0 Å². The van der Waals surface area contributed by atoms with E-state index in [9.17, 15) is 9.59 Å². The number of rotatable bonds is 4. The Balaban J connectivity index is 1.67.